The van der Waals surface area contributed by atoms with Crippen molar-refractivity contribution >= 4 is 17.3 Å². The Balaban J connectivity index is 1.69. The maximum Gasteiger partial charge on any atom is 0.0474 e. The van der Waals surface area contributed by atoms with Crippen molar-refractivity contribution in [2.75, 3.05) is 31.6 Å². The summed E-state index contributed by atoms with van der Waals surface area (Å²) in [5.41, 5.74) is 2.57. The first-order chi connectivity index (χ1) is 9.28. The Hall–Kier alpha value is -0.730. The van der Waals surface area contributed by atoms with E-state index >= 15 is 0 Å². The summed E-state index contributed by atoms with van der Waals surface area (Å²) in [5.74, 6) is 1.45. The summed E-state index contributed by atoms with van der Waals surface area (Å²) in [6.07, 6.45) is 4.06. The number of alkyl halides is 1. The van der Waals surface area contributed by atoms with Gasteiger partial charge in [-0.1, -0.05) is 12.1 Å². The number of piperidine rings is 2. The minimum Gasteiger partial charge on any atom is -0.371 e. The molecule has 2 heterocycles. The summed E-state index contributed by atoms with van der Waals surface area (Å²) in [4.78, 5) is 5.13. The van der Waals surface area contributed by atoms with E-state index in [-0.39, 0.29) is 0 Å². The third kappa shape index (κ3) is 2.75. The van der Waals surface area contributed by atoms with Crippen LogP contribution in [0, 0.1) is 5.92 Å². The second-order valence-corrected chi connectivity index (χ2v) is 6.25. The molecule has 0 bridgehead atoms. The van der Waals surface area contributed by atoms with Gasteiger partial charge >= 0.3 is 0 Å². The number of fused-ring (bicyclic) bond motifs is 1. The molecule has 2 aliphatic heterocycles. The van der Waals surface area contributed by atoms with Gasteiger partial charge in [0.05, 0.1) is 0 Å². The number of halogens is 1. The van der Waals surface area contributed by atoms with E-state index in [1.165, 1.54) is 50.1 Å². The first kappa shape index (κ1) is 13.3. The Morgan fingerprint density at radius 1 is 1.16 bits per heavy atom. The Labute approximate surface area is 121 Å². The molecule has 2 saturated heterocycles. The molecular formula is C16H23ClN2. The van der Waals surface area contributed by atoms with Crippen molar-refractivity contribution in [3.63, 3.8) is 0 Å². The maximum atomic E-state index is 5.85. The van der Waals surface area contributed by atoms with E-state index in [1.807, 2.05) is 0 Å². The van der Waals surface area contributed by atoms with Gasteiger partial charge in [-0.05, 0) is 56.5 Å². The van der Waals surface area contributed by atoms with Crippen molar-refractivity contribution in [3.8, 4) is 0 Å². The molecule has 0 amide bonds. The highest BCUT2D eigenvalue weighted by molar-refractivity contribution is 6.17. The third-order valence-corrected chi connectivity index (χ3v) is 5.11. The van der Waals surface area contributed by atoms with Gasteiger partial charge in [0, 0.05) is 30.7 Å². The first-order valence-electron chi connectivity index (χ1n) is 7.38. The van der Waals surface area contributed by atoms with Gasteiger partial charge in [-0.3, -0.25) is 0 Å². The number of hydrogen-bond donors (Lipinski definition) is 0. The van der Waals surface area contributed by atoms with E-state index in [0.29, 0.717) is 5.88 Å². The van der Waals surface area contributed by atoms with Gasteiger partial charge in [-0.15, -0.1) is 11.6 Å². The monoisotopic (exact) mass is 278 g/mol. The molecule has 1 aromatic carbocycles. The average Bonchev–Trinajstić information content (AvgIpc) is 2.47. The number of hydrogen-bond acceptors (Lipinski definition) is 2. The zero-order valence-corrected chi connectivity index (χ0v) is 12.4. The van der Waals surface area contributed by atoms with E-state index in [2.05, 4.69) is 41.1 Å². The van der Waals surface area contributed by atoms with Crippen LogP contribution in [0.25, 0.3) is 0 Å². The van der Waals surface area contributed by atoms with E-state index in [1.54, 1.807) is 0 Å². The summed E-state index contributed by atoms with van der Waals surface area (Å²) in [6.45, 7) is 3.69. The summed E-state index contributed by atoms with van der Waals surface area (Å²) < 4.78 is 0. The summed E-state index contributed by atoms with van der Waals surface area (Å²) in [5, 5.41) is 0. The Morgan fingerprint density at radius 3 is 2.68 bits per heavy atom. The number of benzene rings is 1. The molecule has 0 saturated carbocycles. The first-order valence-corrected chi connectivity index (χ1v) is 7.91. The van der Waals surface area contributed by atoms with Crippen LogP contribution in [0.15, 0.2) is 24.3 Å². The lowest BCUT2D eigenvalue weighted by molar-refractivity contribution is 0.102. The van der Waals surface area contributed by atoms with Gasteiger partial charge in [0.25, 0.3) is 0 Å². The molecule has 0 N–H and O–H groups in total. The number of rotatable bonds is 2. The molecular weight excluding hydrogens is 256 g/mol. The standard InChI is InChI=1S/C16H23ClN2/c1-18-9-2-3-14-12-19(10-8-16(14)18)15-6-4-13(11-17)5-7-15/h4-7,14,16H,2-3,8-12H2,1H3. The van der Waals surface area contributed by atoms with Gasteiger partial charge in [-0.25, -0.2) is 0 Å². The molecule has 19 heavy (non-hydrogen) atoms. The maximum absolute atomic E-state index is 5.85. The van der Waals surface area contributed by atoms with Crippen molar-refractivity contribution in [1.29, 1.82) is 0 Å². The van der Waals surface area contributed by atoms with Gasteiger partial charge < -0.3 is 9.80 Å². The molecule has 1 aromatic rings. The summed E-state index contributed by atoms with van der Waals surface area (Å²) in [6, 6.07) is 9.57. The number of nitrogens with zero attached hydrogens (tertiary/aromatic N) is 2. The lowest BCUT2D eigenvalue weighted by Crippen LogP contribution is -2.52. The Bertz CT molecular complexity index is 417. The normalized spacial score (nSPS) is 28.2. The highest BCUT2D eigenvalue weighted by atomic mass is 35.5. The van der Waals surface area contributed by atoms with Gasteiger partial charge in [-0.2, -0.15) is 0 Å². The smallest absolute Gasteiger partial charge is 0.0474 e. The molecule has 0 spiro atoms. The molecule has 0 aromatic heterocycles. The van der Waals surface area contributed by atoms with Crippen LogP contribution in [0.4, 0.5) is 5.69 Å². The number of likely N-dealkylation sites (tertiary alicyclic amines) is 1. The van der Waals surface area contributed by atoms with Crippen LogP contribution in [0.5, 0.6) is 0 Å². The van der Waals surface area contributed by atoms with E-state index in [9.17, 15) is 0 Å². The molecule has 2 unspecified atom stereocenters. The zero-order valence-electron chi connectivity index (χ0n) is 11.7. The van der Waals surface area contributed by atoms with Crippen LogP contribution < -0.4 is 4.90 Å². The third-order valence-electron chi connectivity index (χ3n) is 4.80. The van der Waals surface area contributed by atoms with Crippen molar-refractivity contribution in [3.05, 3.63) is 29.8 Å². The number of anilines is 1. The predicted octanol–water partition coefficient (Wildman–Crippen LogP) is 3.35. The fourth-order valence-corrected chi connectivity index (χ4v) is 3.86. The van der Waals surface area contributed by atoms with Crippen LogP contribution in [-0.4, -0.2) is 37.6 Å². The minimum atomic E-state index is 0.607. The van der Waals surface area contributed by atoms with Crippen molar-refractivity contribution in [2.24, 2.45) is 5.92 Å². The van der Waals surface area contributed by atoms with Gasteiger partial charge in [0.2, 0.25) is 0 Å². The van der Waals surface area contributed by atoms with Crippen molar-refractivity contribution in [1.82, 2.24) is 4.90 Å². The highest BCUT2D eigenvalue weighted by Gasteiger charge is 2.34. The summed E-state index contributed by atoms with van der Waals surface area (Å²) >= 11 is 5.85. The van der Waals surface area contributed by atoms with Crippen LogP contribution in [0.2, 0.25) is 0 Å². The molecule has 0 aliphatic carbocycles. The lowest BCUT2D eigenvalue weighted by atomic mass is 9.84. The van der Waals surface area contributed by atoms with Crippen molar-refractivity contribution < 1.29 is 0 Å². The molecule has 2 aliphatic rings. The molecule has 104 valence electrons. The lowest BCUT2D eigenvalue weighted by Gasteiger charge is -2.46. The van der Waals surface area contributed by atoms with Gasteiger partial charge in [0.1, 0.15) is 0 Å². The summed E-state index contributed by atoms with van der Waals surface area (Å²) in [7, 11) is 2.29. The van der Waals surface area contributed by atoms with E-state index < -0.39 is 0 Å². The van der Waals surface area contributed by atoms with Gasteiger partial charge in [0.15, 0.2) is 0 Å². The average molecular weight is 279 g/mol. The Morgan fingerprint density at radius 2 is 1.95 bits per heavy atom. The second-order valence-electron chi connectivity index (χ2n) is 5.99. The van der Waals surface area contributed by atoms with Crippen LogP contribution in [-0.2, 0) is 5.88 Å². The molecule has 3 rings (SSSR count). The van der Waals surface area contributed by atoms with Crippen LogP contribution in [0.3, 0.4) is 0 Å². The van der Waals surface area contributed by atoms with E-state index in [4.69, 9.17) is 11.6 Å². The highest BCUT2D eigenvalue weighted by Crippen LogP contribution is 2.32. The fourth-order valence-electron chi connectivity index (χ4n) is 3.68. The second kappa shape index (κ2) is 5.72. The molecule has 2 atom stereocenters. The quantitative estimate of drug-likeness (QED) is 0.766. The molecule has 3 heteroatoms. The van der Waals surface area contributed by atoms with Crippen LogP contribution in [0.1, 0.15) is 24.8 Å². The predicted molar refractivity (Wildman–Crippen MR) is 82.0 cm³/mol. The minimum absolute atomic E-state index is 0.607. The largest absolute Gasteiger partial charge is 0.371 e. The topological polar surface area (TPSA) is 6.48 Å². The Kier molecular flexibility index (Phi) is 3.99. The zero-order chi connectivity index (χ0) is 13.2. The van der Waals surface area contributed by atoms with Crippen LogP contribution >= 0.6 is 11.6 Å². The fraction of sp³-hybridized carbons (Fsp3) is 0.625. The molecule has 0 radical (unpaired) electrons. The van der Waals surface area contributed by atoms with Crippen molar-refractivity contribution in [2.45, 2.75) is 31.2 Å². The SMILES string of the molecule is CN1CCCC2CN(c3ccc(CCl)cc3)CCC21. The van der Waals surface area contributed by atoms with E-state index in [0.717, 1.165) is 12.0 Å². The molecule has 2 fully saturated rings. The molecule has 2 nitrogen and oxygen atoms in total.